The van der Waals surface area contributed by atoms with Gasteiger partial charge in [0.05, 0.1) is 6.54 Å². The molecule has 1 heterocycles. The predicted molar refractivity (Wildman–Crippen MR) is 52.8 cm³/mol. The Balaban J connectivity index is 2.30. The molecule has 1 aromatic heterocycles. The lowest BCUT2D eigenvalue weighted by Gasteiger charge is -2.02. The summed E-state index contributed by atoms with van der Waals surface area (Å²) in [6, 6.07) is -0.143. The second-order valence-electron chi connectivity index (χ2n) is 2.58. The number of aromatic nitrogens is 1. The maximum absolute atomic E-state index is 11.0. The second-order valence-corrected chi connectivity index (χ2v) is 3.90. The van der Waals surface area contributed by atoms with Gasteiger partial charge >= 0.3 is 6.03 Å². The lowest BCUT2D eigenvalue weighted by Crippen LogP contribution is -2.34. The zero-order valence-corrected chi connectivity index (χ0v) is 8.57. The zero-order valence-electron chi connectivity index (χ0n) is 7.76. The highest BCUT2D eigenvalue weighted by molar-refractivity contribution is 7.11. The van der Waals surface area contributed by atoms with Crippen molar-refractivity contribution in [2.45, 2.75) is 20.4 Å². The minimum absolute atomic E-state index is 0.143. The van der Waals surface area contributed by atoms with Crippen LogP contribution in [-0.2, 0) is 6.54 Å². The molecule has 5 heteroatoms. The SMILES string of the molecule is CCNC(=O)NCc1ncc(C)s1. The summed E-state index contributed by atoms with van der Waals surface area (Å²) < 4.78 is 0. The highest BCUT2D eigenvalue weighted by Gasteiger charge is 2.00. The van der Waals surface area contributed by atoms with Crippen LogP contribution < -0.4 is 10.6 Å². The van der Waals surface area contributed by atoms with Crippen LogP contribution in [0.25, 0.3) is 0 Å². The van der Waals surface area contributed by atoms with Crippen LogP contribution in [0.4, 0.5) is 4.79 Å². The second kappa shape index (κ2) is 4.81. The topological polar surface area (TPSA) is 54.0 Å². The Hall–Kier alpha value is -1.10. The third-order valence-electron chi connectivity index (χ3n) is 1.41. The average Bonchev–Trinajstić information content (AvgIpc) is 2.49. The van der Waals surface area contributed by atoms with Gasteiger partial charge in [-0.1, -0.05) is 0 Å². The van der Waals surface area contributed by atoms with Gasteiger partial charge in [-0.2, -0.15) is 0 Å². The molecule has 0 aliphatic carbocycles. The smallest absolute Gasteiger partial charge is 0.315 e. The fraction of sp³-hybridized carbons (Fsp3) is 0.500. The Kier molecular flexibility index (Phi) is 3.70. The van der Waals surface area contributed by atoms with Gasteiger partial charge in [0.2, 0.25) is 0 Å². The fourth-order valence-electron chi connectivity index (χ4n) is 0.862. The molecule has 13 heavy (non-hydrogen) atoms. The van der Waals surface area contributed by atoms with E-state index in [1.807, 2.05) is 13.8 Å². The maximum atomic E-state index is 11.0. The van der Waals surface area contributed by atoms with Crippen molar-refractivity contribution in [1.82, 2.24) is 15.6 Å². The summed E-state index contributed by atoms with van der Waals surface area (Å²) in [5.41, 5.74) is 0. The normalized spacial score (nSPS) is 9.69. The molecule has 0 aliphatic heterocycles. The molecule has 0 aliphatic rings. The van der Waals surface area contributed by atoms with Crippen LogP contribution in [-0.4, -0.2) is 17.6 Å². The van der Waals surface area contributed by atoms with Gasteiger partial charge in [-0.15, -0.1) is 11.3 Å². The molecule has 0 atom stereocenters. The van der Waals surface area contributed by atoms with Gasteiger partial charge in [0.15, 0.2) is 0 Å². The molecule has 2 amide bonds. The molecule has 0 saturated heterocycles. The van der Waals surface area contributed by atoms with Gasteiger partial charge in [0.25, 0.3) is 0 Å². The molecule has 0 fully saturated rings. The molecule has 0 radical (unpaired) electrons. The first-order valence-corrected chi connectivity index (χ1v) is 4.97. The quantitative estimate of drug-likeness (QED) is 0.770. The highest BCUT2D eigenvalue weighted by atomic mass is 32.1. The number of hydrogen-bond donors (Lipinski definition) is 2. The van der Waals surface area contributed by atoms with Crippen LogP contribution in [0, 0.1) is 6.92 Å². The number of urea groups is 1. The van der Waals surface area contributed by atoms with Crippen molar-refractivity contribution < 1.29 is 4.79 Å². The van der Waals surface area contributed by atoms with E-state index in [1.54, 1.807) is 17.5 Å². The van der Waals surface area contributed by atoms with Crippen molar-refractivity contribution in [3.8, 4) is 0 Å². The number of hydrogen-bond acceptors (Lipinski definition) is 3. The van der Waals surface area contributed by atoms with Gasteiger partial charge in [-0.25, -0.2) is 9.78 Å². The standard InChI is InChI=1S/C8H13N3OS/c1-3-9-8(12)11-5-7-10-4-6(2)13-7/h4H,3,5H2,1-2H3,(H2,9,11,12). The van der Waals surface area contributed by atoms with E-state index < -0.39 is 0 Å². The molecule has 0 unspecified atom stereocenters. The summed E-state index contributed by atoms with van der Waals surface area (Å²) in [6.07, 6.45) is 1.80. The van der Waals surface area contributed by atoms with Crippen molar-refractivity contribution in [2.75, 3.05) is 6.54 Å². The van der Waals surface area contributed by atoms with Crippen molar-refractivity contribution in [1.29, 1.82) is 0 Å². The predicted octanol–water partition coefficient (Wildman–Crippen LogP) is 1.27. The van der Waals surface area contributed by atoms with Gasteiger partial charge in [0, 0.05) is 17.6 Å². The van der Waals surface area contributed by atoms with Crippen molar-refractivity contribution in [3.05, 3.63) is 16.1 Å². The van der Waals surface area contributed by atoms with Gasteiger partial charge < -0.3 is 10.6 Å². The van der Waals surface area contributed by atoms with E-state index in [2.05, 4.69) is 15.6 Å². The van der Waals surface area contributed by atoms with Crippen molar-refractivity contribution >= 4 is 17.4 Å². The fourth-order valence-corrected chi connectivity index (χ4v) is 1.59. The van der Waals surface area contributed by atoms with Crippen LogP contribution in [0.5, 0.6) is 0 Å². The summed E-state index contributed by atoms with van der Waals surface area (Å²) in [5.74, 6) is 0. The lowest BCUT2D eigenvalue weighted by atomic mass is 10.6. The molecule has 0 spiro atoms. The van der Waals surface area contributed by atoms with Gasteiger partial charge in [-0.05, 0) is 13.8 Å². The summed E-state index contributed by atoms with van der Waals surface area (Å²) in [7, 11) is 0. The molecular formula is C8H13N3OS. The molecule has 0 bridgehead atoms. The minimum atomic E-state index is -0.143. The molecule has 1 rings (SSSR count). The van der Waals surface area contributed by atoms with E-state index in [0.29, 0.717) is 13.1 Å². The zero-order chi connectivity index (χ0) is 9.68. The molecule has 0 saturated carbocycles. The van der Waals surface area contributed by atoms with Crippen molar-refractivity contribution in [3.63, 3.8) is 0 Å². The number of thiazole rings is 1. The Morgan fingerprint density at radius 3 is 2.92 bits per heavy atom. The lowest BCUT2D eigenvalue weighted by molar-refractivity contribution is 0.241. The molecule has 72 valence electrons. The van der Waals surface area contributed by atoms with Crippen LogP contribution >= 0.6 is 11.3 Å². The number of amides is 2. The van der Waals surface area contributed by atoms with Crippen LogP contribution in [0.2, 0.25) is 0 Å². The van der Waals surface area contributed by atoms with E-state index in [1.165, 1.54) is 0 Å². The third kappa shape index (κ3) is 3.42. The first-order chi connectivity index (χ1) is 6.22. The highest BCUT2D eigenvalue weighted by Crippen LogP contribution is 2.09. The number of aryl methyl sites for hydroxylation is 1. The van der Waals surface area contributed by atoms with E-state index in [-0.39, 0.29) is 6.03 Å². The first kappa shape index (κ1) is 9.98. The molecule has 4 nitrogen and oxygen atoms in total. The van der Waals surface area contributed by atoms with Crippen molar-refractivity contribution in [2.24, 2.45) is 0 Å². The monoisotopic (exact) mass is 199 g/mol. The summed E-state index contributed by atoms with van der Waals surface area (Å²) in [5, 5.41) is 6.29. The van der Waals surface area contributed by atoms with Crippen LogP contribution in [0.3, 0.4) is 0 Å². The summed E-state index contributed by atoms with van der Waals surface area (Å²) in [4.78, 5) is 16.3. The van der Waals surface area contributed by atoms with Crippen LogP contribution in [0.1, 0.15) is 16.8 Å². The average molecular weight is 199 g/mol. The Bertz CT molecular complexity index is 285. The van der Waals surface area contributed by atoms with E-state index >= 15 is 0 Å². The number of nitrogens with one attached hydrogen (secondary N) is 2. The molecule has 2 N–H and O–H groups in total. The van der Waals surface area contributed by atoms with Gasteiger partial charge in [0.1, 0.15) is 5.01 Å². The number of nitrogens with zero attached hydrogens (tertiary/aromatic N) is 1. The molecular weight excluding hydrogens is 186 g/mol. The van der Waals surface area contributed by atoms with E-state index in [9.17, 15) is 4.79 Å². The molecule has 1 aromatic rings. The number of carbonyl (C=O) groups excluding carboxylic acids is 1. The van der Waals surface area contributed by atoms with Crippen LogP contribution in [0.15, 0.2) is 6.20 Å². The summed E-state index contributed by atoms with van der Waals surface area (Å²) >= 11 is 1.59. The summed E-state index contributed by atoms with van der Waals surface area (Å²) in [6.45, 7) is 5.02. The Labute approximate surface area is 81.4 Å². The maximum Gasteiger partial charge on any atom is 0.315 e. The largest absolute Gasteiger partial charge is 0.338 e. The molecule has 0 aromatic carbocycles. The first-order valence-electron chi connectivity index (χ1n) is 4.15. The number of rotatable bonds is 3. The van der Waals surface area contributed by atoms with E-state index in [0.717, 1.165) is 9.88 Å². The van der Waals surface area contributed by atoms with Gasteiger partial charge in [-0.3, -0.25) is 0 Å². The van der Waals surface area contributed by atoms with E-state index in [4.69, 9.17) is 0 Å². The Morgan fingerprint density at radius 1 is 1.62 bits per heavy atom. The third-order valence-corrected chi connectivity index (χ3v) is 2.32. The number of carbonyl (C=O) groups is 1. The Morgan fingerprint density at radius 2 is 2.38 bits per heavy atom. The minimum Gasteiger partial charge on any atom is -0.338 e.